The molecule has 0 aliphatic carbocycles. The minimum atomic E-state index is -0.226. The van der Waals surface area contributed by atoms with Gasteiger partial charge < -0.3 is 10.1 Å². The van der Waals surface area contributed by atoms with Gasteiger partial charge in [0.05, 0.1) is 0 Å². The first-order valence-electron chi connectivity index (χ1n) is 6.42. The van der Waals surface area contributed by atoms with Crippen LogP contribution in [0.2, 0.25) is 0 Å². The van der Waals surface area contributed by atoms with Crippen LogP contribution in [0, 0.1) is 12.7 Å². The number of nitrogens with one attached hydrogen (secondary N) is 1. The highest BCUT2D eigenvalue weighted by Crippen LogP contribution is 2.32. The van der Waals surface area contributed by atoms with Crippen LogP contribution in [0.5, 0.6) is 11.5 Å². The first-order valence-corrected chi connectivity index (χ1v) is 7.21. The van der Waals surface area contributed by atoms with Crippen molar-refractivity contribution in [3.63, 3.8) is 0 Å². The van der Waals surface area contributed by atoms with E-state index in [1.165, 1.54) is 6.07 Å². The lowest BCUT2D eigenvalue weighted by molar-refractivity contribution is 0.463. The second kappa shape index (κ2) is 6.37. The van der Waals surface area contributed by atoms with Crippen LogP contribution < -0.4 is 10.1 Å². The zero-order valence-corrected chi connectivity index (χ0v) is 13.3. The van der Waals surface area contributed by atoms with Crippen molar-refractivity contribution in [1.82, 2.24) is 5.32 Å². The Bertz CT molecular complexity index is 615. The van der Waals surface area contributed by atoms with Gasteiger partial charge in [-0.2, -0.15) is 0 Å². The molecule has 2 aromatic carbocycles. The Morgan fingerprint density at radius 2 is 1.95 bits per heavy atom. The summed E-state index contributed by atoms with van der Waals surface area (Å²) in [6.45, 7) is 3.78. The Kier molecular flexibility index (Phi) is 4.78. The third-order valence-electron chi connectivity index (χ3n) is 3.23. The summed E-state index contributed by atoms with van der Waals surface area (Å²) in [5.74, 6) is 1.16. The van der Waals surface area contributed by atoms with Crippen LogP contribution in [0.4, 0.5) is 4.39 Å². The number of ether oxygens (including phenoxy) is 1. The van der Waals surface area contributed by atoms with E-state index in [0.29, 0.717) is 11.3 Å². The van der Waals surface area contributed by atoms with Crippen LogP contribution in [-0.4, -0.2) is 7.05 Å². The lowest BCUT2D eigenvalue weighted by Crippen LogP contribution is -2.13. The summed E-state index contributed by atoms with van der Waals surface area (Å²) in [6.07, 6.45) is 0. The van der Waals surface area contributed by atoms with Gasteiger partial charge in [0.25, 0.3) is 0 Å². The van der Waals surface area contributed by atoms with Crippen LogP contribution in [0.1, 0.15) is 24.1 Å². The average Bonchev–Trinajstić information content (AvgIpc) is 2.42. The Morgan fingerprint density at radius 3 is 2.60 bits per heavy atom. The highest BCUT2D eigenvalue weighted by molar-refractivity contribution is 9.10. The quantitative estimate of drug-likeness (QED) is 0.850. The highest BCUT2D eigenvalue weighted by Gasteiger charge is 2.12. The number of rotatable bonds is 4. The topological polar surface area (TPSA) is 21.3 Å². The largest absolute Gasteiger partial charge is 0.457 e. The standard InChI is InChI=1S/C16H17BrFNO/c1-10-8-13(5-7-15(10)18)20-16-9-12(17)4-6-14(16)11(2)19-3/h4-9,11,19H,1-3H3. The number of benzene rings is 2. The Labute approximate surface area is 127 Å². The molecule has 106 valence electrons. The molecule has 0 fully saturated rings. The molecule has 0 amide bonds. The Morgan fingerprint density at radius 1 is 1.20 bits per heavy atom. The van der Waals surface area contributed by atoms with E-state index in [4.69, 9.17) is 4.74 Å². The van der Waals surface area contributed by atoms with Crippen molar-refractivity contribution >= 4 is 15.9 Å². The number of hydrogen-bond acceptors (Lipinski definition) is 2. The van der Waals surface area contributed by atoms with E-state index < -0.39 is 0 Å². The molecule has 1 unspecified atom stereocenters. The molecule has 0 aliphatic rings. The minimum absolute atomic E-state index is 0.166. The average molecular weight is 338 g/mol. The number of aryl methyl sites for hydroxylation is 1. The molecule has 1 atom stereocenters. The van der Waals surface area contributed by atoms with E-state index in [2.05, 4.69) is 28.2 Å². The smallest absolute Gasteiger partial charge is 0.133 e. The molecular formula is C16H17BrFNO. The lowest BCUT2D eigenvalue weighted by Gasteiger charge is -2.17. The van der Waals surface area contributed by atoms with Crippen LogP contribution in [0.25, 0.3) is 0 Å². The predicted molar refractivity (Wildman–Crippen MR) is 82.8 cm³/mol. The van der Waals surface area contributed by atoms with Crippen molar-refractivity contribution in [3.05, 3.63) is 57.8 Å². The van der Waals surface area contributed by atoms with Gasteiger partial charge in [0.2, 0.25) is 0 Å². The summed E-state index contributed by atoms with van der Waals surface area (Å²) in [5, 5.41) is 3.19. The molecule has 0 bridgehead atoms. The normalized spacial score (nSPS) is 12.2. The van der Waals surface area contributed by atoms with E-state index in [9.17, 15) is 4.39 Å². The maximum Gasteiger partial charge on any atom is 0.133 e. The molecule has 2 nitrogen and oxygen atoms in total. The van der Waals surface area contributed by atoms with Crippen LogP contribution in [0.3, 0.4) is 0 Å². The zero-order chi connectivity index (χ0) is 14.7. The monoisotopic (exact) mass is 337 g/mol. The molecule has 0 spiro atoms. The fourth-order valence-corrected chi connectivity index (χ4v) is 2.26. The minimum Gasteiger partial charge on any atom is -0.457 e. The summed E-state index contributed by atoms with van der Waals surface area (Å²) in [7, 11) is 1.90. The molecule has 2 rings (SSSR count). The van der Waals surface area contributed by atoms with Gasteiger partial charge in [-0.15, -0.1) is 0 Å². The van der Waals surface area contributed by atoms with Crippen molar-refractivity contribution in [2.24, 2.45) is 0 Å². The molecule has 0 radical (unpaired) electrons. The maximum atomic E-state index is 13.3. The van der Waals surface area contributed by atoms with E-state index in [-0.39, 0.29) is 11.9 Å². The SMILES string of the molecule is CNC(C)c1ccc(Br)cc1Oc1ccc(F)c(C)c1. The predicted octanol–water partition coefficient (Wildman–Crippen LogP) is 4.97. The molecular weight excluding hydrogens is 321 g/mol. The van der Waals surface area contributed by atoms with Gasteiger partial charge in [-0.05, 0) is 56.8 Å². The van der Waals surface area contributed by atoms with E-state index in [0.717, 1.165) is 15.8 Å². The van der Waals surface area contributed by atoms with Crippen molar-refractivity contribution < 1.29 is 9.13 Å². The van der Waals surface area contributed by atoms with E-state index in [1.807, 2.05) is 25.2 Å². The van der Waals surface area contributed by atoms with Gasteiger partial charge in [-0.3, -0.25) is 0 Å². The van der Waals surface area contributed by atoms with Crippen molar-refractivity contribution in [1.29, 1.82) is 0 Å². The van der Waals surface area contributed by atoms with E-state index in [1.54, 1.807) is 19.1 Å². The molecule has 20 heavy (non-hydrogen) atoms. The van der Waals surface area contributed by atoms with Gasteiger partial charge >= 0.3 is 0 Å². The lowest BCUT2D eigenvalue weighted by atomic mass is 10.1. The summed E-state index contributed by atoms with van der Waals surface area (Å²) in [5.41, 5.74) is 1.62. The second-order valence-corrected chi connectivity index (χ2v) is 5.62. The summed E-state index contributed by atoms with van der Waals surface area (Å²) < 4.78 is 20.1. The number of hydrogen-bond donors (Lipinski definition) is 1. The molecule has 0 saturated heterocycles. The van der Waals surface area contributed by atoms with Gasteiger partial charge in [-0.1, -0.05) is 22.0 Å². The third kappa shape index (κ3) is 3.38. The molecule has 0 saturated carbocycles. The molecule has 0 aliphatic heterocycles. The van der Waals surface area contributed by atoms with Crippen molar-refractivity contribution in [2.45, 2.75) is 19.9 Å². The van der Waals surface area contributed by atoms with Gasteiger partial charge in [-0.25, -0.2) is 4.39 Å². The van der Waals surface area contributed by atoms with Gasteiger partial charge in [0.1, 0.15) is 17.3 Å². The zero-order valence-electron chi connectivity index (χ0n) is 11.7. The maximum absolute atomic E-state index is 13.3. The van der Waals surface area contributed by atoms with Crippen molar-refractivity contribution in [3.8, 4) is 11.5 Å². The Balaban J connectivity index is 2.36. The van der Waals surface area contributed by atoms with Gasteiger partial charge in [0.15, 0.2) is 0 Å². The summed E-state index contributed by atoms with van der Waals surface area (Å²) in [4.78, 5) is 0. The van der Waals surface area contributed by atoms with E-state index >= 15 is 0 Å². The van der Waals surface area contributed by atoms with Crippen LogP contribution in [-0.2, 0) is 0 Å². The summed E-state index contributed by atoms with van der Waals surface area (Å²) in [6, 6.07) is 10.8. The van der Waals surface area contributed by atoms with Crippen molar-refractivity contribution in [2.75, 3.05) is 7.05 Å². The molecule has 0 heterocycles. The van der Waals surface area contributed by atoms with Crippen LogP contribution >= 0.6 is 15.9 Å². The first kappa shape index (κ1) is 15.0. The highest BCUT2D eigenvalue weighted by atomic mass is 79.9. The fourth-order valence-electron chi connectivity index (χ4n) is 1.92. The fraction of sp³-hybridized carbons (Fsp3) is 0.250. The third-order valence-corrected chi connectivity index (χ3v) is 3.73. The van der Waals surface area contributed by atoms with Gasteiger partial charge in [0, 0.05) is 16.1 Å². The number of halogens is 2. The van der Waals surface area contributed by atoms with Crippen LogP contribution in [0.15, 0.2) is 40.9 Å². The molecule has 0 aromatic heterocycles. The Hall–Kier alpha value is -1.39. The molecule has 1 N–H and O–H groups in total. The molecule has 2 aromatic rings. The second-order valence-electron chi connectivity index (χ2n) is 4.71. The first-order chi connectivity index (χ1) is 9.51. The molecule has 4 heteroatoms. The summed E-state index contributed by atoms with van der Waals surface area (Å²) >= 11 is 3.45.